The van der Waals surface area contributed by atoms with Crippen LogP contribution in [0.5, 0.6) is 5.75 Å². The maximum Gasteiger partial charge on any atom is 0.165 e. The first-order chi connectivity index (χ1) is 9.65. The number of hydrogen-bond donors (Lipinski definition) is 2. The number of aromatic nitrogens is 1. The summed E-state index contributed by atoms with van der Waals surface area (Å²) in [5, 5.41) is 0. The van der Waals surface area contributed by atoms with Crippen molar-refractivity contribution in [1.82, 2.24) is 10.4 Å². The largest absolute Gasteiger partial charge is 0.494 e. The molecule has 4 nitrogen and oxygen atoms in total. The Bertz CT molecular complexity index is 589. The molecule has 1 unspecified atom stereocenters. The van der Waals surface area contributed by atoms with Gasteiger partial charge in [-0.25, -0.2) is 4.39 Å². The van der Waals surface area contributed by atoms with Crippen molar-refractivity contribution in [1.29, 1.82) is 0 Å². The number of pyridine rings is 1. The van der Waals surface area contributed by atoms with E-state index in [-0.39, 0.29) is 17.6 Å². The third-order valence-electron chi connectivity index (χ3n) is 3.30. The van der Waals surface area contributed by atoms with E-state index in [4.69, 9.17) is 10.6 Å². The van der Waals surface area contributed by atoms with Crippen molar-refractivity contribution in [3.63, 3.8) is 0 Å². The van der Waals surface area contributed by atoms with Crippen molar-refractivity contribution in [3.05, 3.63) is 59.2 Å². The molecule has 3 N–H and O–H groups in total. The second kappa shape index (κ2) is 6.45. The van der Waals surface area contributed by atoms with Gasteiger partial charge in [-0.3, -0.25) is 16.3 Å². The summed E-state index contributed by atoms with van der Waals surface area (Å²) in [6.45, 7) is 1.97. The lowest BCUT2D eigenvalue weighted by Crippen LogP contribution is -2.30. The molecule has 0 radical (unpaired) electrons. The summed E-state index contributed by atoms with van der Waals surface area (Å²) in [6, 6.07) is 6.76. The molecule has 0 spiro atoms. The Balaban J connectivity index is 2.23. The molecule has 0 saturated carbocycles. The Labute approximate surface area is 117 Å². The molecule has 1 atom stereocenters. The summed E-state index contributed by atoms with van der Waals surface area (Å²) >= 11 is 0. The molecule has 0 aliphatic heterocycles. The first-order valence-electron chi connectivity index (χ1n) is 6.34. The maximum atomic E-state index is 13.7. The van der Waals surface area contributed by atoms with E-state index in [9.17, 15) is 4.39 Å². The molecule has 1 aromatic heterocycles. The number of halogens is 1. The number of nitrogens with two attached hydrogens (primary N) is 1. The van der Waals surface area contributed by atoms with Gasteiger partial charge in [0.2, 0.25) is 0 Å². The molecule has 2 aromatic rings. The van der Waals surface area contributed by atoms with E-state index < -0.39 is 0 Å². The van der Waals surface area contributed by atoms with Crippen molar-refractivity contribution in [2.24, 2.45) is 5.84 Å². The standard InChI is InChI=1S/C15H18FN3O/c1-10-9-18-6-5-12(10)14(19-17)8-11-3-4-15(20-2)13(16)7-11/h3-7,9,14,19H,8,17H2,1-2H3. The summed E-state index contributed by atoms with van der Waals surface area (Å²) in [6.07, 6.45) is 4.10. The summed E-state index contributed by atoms with van der Waals surface area (Å²) < 4.78 is 18.6. The fourth-order valence-electron chi connectivity index (χ4n) is 2.21. The predicted octanol–water partition coefficient (Wildman–Crippen LogP) is 2.28. The van der Waals surface area contributed by atoms with Crippen LogP contribution in [0.2, 0.25) is 0 Å². The molecule has 106 valence electrons. The highest BCUT2D eigenvalue weighted by Crippen LogP contribution is 2.23. The number of hydrazine groups is 1. The SMILES string of the molecule is COc1ccc(CC(NN)c2ccncc2C)cc1F. The van der Waals surface area contributed by atoms with E-state index in [0.29, 0.717) is 6.42 Å². The smallest absolute Gasteiger partial charge is 0.165 e. The van der Waals surface area contributed by atoms with E-state index in [1.165, 1.54) is 13.2 Å². The Morgan fingerprint density at radius 1 is 1.40 bits per heavy atom. The monoisotopic (exact) mass is 275 g/mol. The highest BCUT2D eigenvalue weighted by Gasteiger charge is 2.14. The second-order valence-electron chi connectivity index (χ2n) is 4.62. The van der Waals surface area contributed by atoms with Gasteiger partial charge in [-0.15, -0.1) is 0 Å². The normalized spacial score (nSPS) is 12.2. The van der Waals surface area contributed by atoms with Crippen LogP contribution < -0.4 is 16.0 Å². The number of nitrogens with zero attached hydrogens (tertiary/aromatic N) is 1. The zero-order valence-electron chi connectivity index (χ0n) is 11.6. The molecule has 0 saturated heterocycles. The molecule has 0 aliphatic rings. The van der Waals surface area contributed by atoms with Gasteiger partial charge in [-0.2, -0.15) is 0 Å². The minimum atomic E-state index is -0.368. The lowest BCUT2D eigenvalue weighted by molar-refractivity contribution is 0.386. The first-order valence-corrected chi connectivity index (χ1v) is 6.34. The highest BCUT2D eigenvalue weighted by atomic mass is 19.1. The van der Waals surface area contributed by atoms with Crippen molar-refractivity contribution >= 4 is 0 Å². The van der Waals surface area contributed by atoms with Crippen LogP contribution in [0.15, 0.2) is 36.7 Å². The van der Waals surface area contributed by atoms with Crippen molar-refractivity contribution in [2.45, 2.75) is 19.4 Å². The fourth-order valence-corrected chi connectivity index (χ4v) is 2.21. The molecule has 2 rings (SSSR count). The van der Waals surface area contributed by atoms with E-state index in [1.807, 2.05) is 19.1 Å². The van der Waals surface area contributed by atoms with Crippen molar-refractivity contribution in [3.8, 4) is 5.75 Å². The lowest BCUT2D eigenvalue weighted by atomic mass is 9.97. The average molecular weight is 275 g/mol. The minimum absolute atomic E-state index is 0.0919. The Morgan fingerprint density at radius 3 is 2.80 bits per heavy atom. The van der Waals surface area contributed by atoms with Crippen LogP contribution in [-0.4, -0.2) is 12.1 Å². The van der Waals surface area contributed by atoms with Crippen LogP contribution in [0.4, 0.5) is 4.39 Å². The summed E-state index contributed by atoms with van der Waals surface area (Å²) in [4.78, 5) is 4.06. The first kappa shape index (κ1) is 14.4. The lowest BCUT2D eigenvalue weighted by Gasteiger charge is -2.18. The van der Waals surface area contributed by atoms with Gasteiger partial charge in [0.15, 0.2) is 11.6 Å². The van der Waals surface area contributed by atoms with Gasteiger partial charge >= 0.3 is 0 Å². The molecule has 1 heterocycles. The van der Waals surface area contributed by atoms with Gasteiger partial charge in [-0.1, -0.05) is 6.07 Å². The van der Waals surface area contributed by atoms with Crippen LogP contribution in [0, 0.1) is 12.7 Å². The van der Waals surface area contributed by atoms with Gasteiger partial charge in [0.25, 0.3) is 0 Å². The molecule has 0 bridgehead atoms. The minimum Gasteiger partial charge on any atom is -0.494 e. The molecule has 20 heavy (non-hydrogen) atoms. The summed E-state index contributed by atoms with van der Waals surface area (Å²) in [5.74, 6) is 5.50. The second-order valence-corrected chi connectivity index (χ2v) is 4.62. The fraction of sp³-hybridized carbons (Fsp3) is 0.267. The molecule has 1 aromatic carbocycles. The molecule has 5 heteroatoms. The van der Waals surface area contributed by atoms with Crippen LogP contribution in [0.3, 0.4) is 0 Å². The predicted molar refractivity (Wildman–Crippen MR) is 75.7 cm³/mol. The number of hydrogen-bond acceptors (Lipinski definition) is 4. The Kier molecular flexibility index (Phi) is 4.65. The average Bonchev–Trinajstić information content (AvgIpc) is 2.46. The van der Waals surface area contributed by atoms with Crippen LogP contribution in [0.1, 0.15) is 22.7 Å². The number of nitrogens with one attached hydrogen (secondary N) is 1. The Morgan fingerprint density at radius 2 is 2.20 bits per heavy atom. The quantitative estimate of drug-likeness (QED) is 0.649. The van der Waals surface area contributed by atoms with Gasteiger partial charge in [0.05, 0.1) is 13.2 Å². The van der Waals surface area contributed by atoms with Crippen LogP contribution in [0.25, 0.3) is 0 Å². The topological polar surface area (TPSA) is 60.2 Å². The molecular weight excluding hydrogens is 257 g/mol. The maximum absolute atomic E-state index is 13.7. The Hall–Kier alpha value is -1.98. The van der Waals surface area contributed by atoms with E-state index in [0.717, 1.165) is 16.7 Å². The number of aryl methyl sites for hydroxylation is 1. The van der Waals surface area contributed by atoms with E-state index in [1.54, 1.807) is 18.5 Å². The molecular formula is C15H18FN3O. The number of benzene rings is 1. The molecule has 0 fully saturated rings. The van der Waals surface area contributed by atoms with Crippen molar-refractivity contribution < 1.29 is 9.13 Å². The van der Waals surface area contributed by atoms with Crippen LogP contribution >= 0.6 is 0 Å². The van der Waals surface area contributed by atoms with Gasteiger partial charge in [-0.05, 0) is 48.2 Å². The van der Waals surface area contributed by atoms with E-state index in [2.05, 4.69) is 10.4 Å². The third kappa shape index (κ3) is 3.12. The molecule has 0 amide bonds. The van der Waals surface area contributed by atoms with Crippen LogP contribution in [-0.2, 0) is 6.42 Å². The summed E-state index contributed by atoms with van der Waals surface area (Å²) in [7, 11) is 1.45. The zero-order chi connectivity index (χ0) is 14.5. The van der Waals surface area contributed by atoms with Gasteiger partial charge in [0.1, 0.15) is 0 Å². The number of rotatable bonds is 5. The van der Waals surface area contributed by atoms with E-state index >= 15 is 0 Å². The van der Waals surface area contributed by atoms with Crippen molar-refractivity contribution in [2.75, 3.05) is 7.11 Å². The highest BCUT2D eigenvalue weighted by molar-refractivity contribution is 5.32. The zero-order valence-corrected chi connectivity index (χ0v) is 11.6. The molecule has 0 aliphatic carbocycles. The van der Waals surface area contributed by atoms with Gasteiger partial charge < -0.3 is 4.74 Å². The number of ether oxygens (including phenoxy) is 1. The number of methoxy groups -OCH3 is 1. The summed E-state index contributed by atoms with van der Waals surface area (Å²) in [5.41, 5.74) is 5.72. The van der Waals surface area contributed by atoms with Gasteiger partial charge in [0, 0.05) is 12.4 Å². The third-order valence-corrected chi connectivity index (χ3v) is 3.30.